The topological polar surface area (TPSA) is 23.8 Å². The lowest BCUT2D eigenvalue weighted by molar-refractivity contribution is 1.02. The van der Waals surface area contributed by atoms with Gasteiger partial charge in [-0.3, -0.25) is 5.73 Å². The monoisotopic (exact) mass is 262 g/mol. The van der Waals surface area contributed by atoms with Gasteiger partial charge in [-0.15, -0.1) is 0 Å². The third-order valence-electron chi connectivity index (χ3n) is 1.22. The molecule has 10 heavy (non-hydrogen) atoms. The fourth-order valence-corrected chi connectivity index (χ4v) is 1.50. The number of hydrogen-bond acceptors (Lipinski definition) is 0. The third kappa shape index (κ3) is 1.59. The van der Waals surface area contributed by atoms with E-state index in [9.17, 15) is 0 Å². The van der Waals surface area contributed by atoms with Crippen molar-refractivity contribution in [2.24, 2.45) is 0 Å². The van der Waals surface area contributed by atoms with E-state index in [4.69, 9.17) is 5.73 Å². The molecule has 1 N–H and O–H groups in total. The molecule has 0 aliphatic rings. The minimum Gasteiger partial charge on any atom is -0.253 e. The molecule has 0 atom stereocenters. The van der Waals surface area contributed by atoms with Gasteiger partial charge >= 0.3 is 0 Å². The van der Waals surface area contributed by atoms with Crippen molar-refractivity contribution >= 4 is 31.9 Å². The van der Waals surface area contributed by atoms with Crippen LogP contribution in [-0.2, 0) is 6.54 Å². The van der Waals surface area contributed by atoms with Crippen molar-refractivity contribution in [1.82, 2.24) is 5.73 Å². The maximum absolute atomic E-state index is 7.13. The van der Waals surface area contributed by atoms with Crippen LogP contribution in [0.5, 0.6) is 0 Å². The summed E-state index contributed by atoms with van der Waals surface area (Å²) in [4.78, 5) is 0. The fraction of sp³-hybridized carbons (Fsp3) is 0.143. The molecule has 0 bridgehead atoms. The van der Waals surface area contributed by atoms with E-state index in [2.05, 4.69) is 31.9 Å². The van der Waals surface area contributed by atoms with Crippen molar-refractivity contribution in [2.75, 3.05) is 0 Å². The summed E-state index contributed by atoms with van der Waals surface area (Å²) < 4.78 is 2.00. The van der Waals surface area contributed by atoms with Crippen molar-refractivity contribution < 1.29 is 0 Å². The predicted molar refractivity (Wildman–Crippen MR) is 48.6 cm³/mol. The Morgan fingerprint density at radius 2 is 2.00 bits per heavy atom. The van der Waals surface area contributed by atoms with E-state index in [1.165, 1.54) is 0 Å². The molecule has 0 saturated carbocycles. The van der Waals surface area contributed by atoms with Gasteiger partial charge in [0.25, 0.3) is 0 Å². The van der Waals surface area contributed by atoms with E-state index in [0.717, 1.165) is 14.5 Å². The fourth-order valence-electron chi connectivity index (χ4n) is 0.685. The first kappa shape index (κ1) is 8.24. The standard InChI is InChI=1S/C7H6Br2N/c8-6-3-1-2-5(4-10)7(6)9/h1-3,10H,4H2. The highest BCUT2D eigenvalue weighted by Gasteiger charge is 1.99. The molecule has 0 saturated heterocycles. The maximum Gasteiger partial charge on any atom is 0.0362 e. The molecule has 0 aliphatic heterocycles. The molecule has 0 aliphatic carbocycles. The van der Waals surface area contributed by atoms with Gasteiger partial charge in [-0.25, -0.2) is 0 Å². The Hall–Kier alpha value is 0.140. The largest absolute Gasteiger partial charge is 0.253 e. The summed E-state index contributed by atoms with van der Waals surface area (Å²) in [6.07, 6.45) is 0. The predicted octanol–water partition coefficient (Wildman–Crippen LogP) is 2.99. The van der Waals surface area contributed by atoms with E-state index in [0.29, 0.717) is 6.54 Å². The number of hydrogen-bond donors (Lipinski definition) is 0. The average molecular weight is 264 g/mol. The number of benzene rings is 1. The lowest BCUT2D eigenvalue weighted by atomic mass is 10.2. The van der Waals surface area contributed by atoms with Crippen molar-refractivity contribution in [3.05, 3.63) is 32.7 Å². The second-order valence-electron chi connectivity index (χ2n) is 1.89. The highest BCUT2D eigenvalue weighted by Crippen LogP contribution is 2.25. The first-order chi connectivity index (χ1) is 4.75. The van der Waals surface area contributed by atoms with Crippen LogP contribution in [0.4, 0.5) is 0 Å². The summed E-state index contributed by atoms with van der Waals surface area (Å²) in [5, 5.41) is 0. The molecule has 1 rings (SSSR count). The number of halogens is 2. The molecule has 53 valence electrons. The first-order valence-electron chi connectivity index (χ1n) is 2.83. The molecule has 1 radical (unpaired) electrons. The molecule has 3 heteroatoms. The second-order valence-corrected chi connectivity index (χ2v) is 3.54. The minimum atomic E-state index is 0.319. The van der Waals surface area contributed by atoms with Gasteiger partial charge in [0.05, 0.1) is 0 Å². The lowest BCUT2D eigenvalue weighted by Crippen LogP contribution is -1.86. The first-order valence-corrected chi connectivity index (χ1v) is 4.42. The van der Waals surface area contributed by atoms with E-state index >= 15 is 0 Å². The maximum atomic E-state index is 7.13. The van der Waals surface area contributed by atoms with Crippen LogP contribution in [0.1, 0.15) is 5.56 Å². The lowest BCUT2D eigenvalue weighted by Gasteiger charge is -2.00. The van der Waals surface area contributed by atoms with Gasteiger partial charge in [-0.05, 0) is 43.5 Å². The van der Waals surface area contributed by atoms with Crippen LogP contribution >= 0.6 is 31.9 Å². The SMILES string of the molecule is [NH]Cc1cccc(Br)c1Br. The molecular formula is C7H6Br2N. The number of rotatable bonds is 1. The minimum absolute atomic E-state index is 0.319. The molecule has 1 aromatic carbocycles. The van der Waals surface area contributed by atoms with Gasteiger partial charge in [0, 0.05) is 15.5 Å². The molecule has 0 aromatic heterocycles. The van der Waals surface area contributed by atoms with E-state index in [1.807, 2.05) is 18.2 Å². The Kier molecular flexibility index (Phi) is 2.89. The third-order valence-corrected chi connectivity index (χ3v) is 3.35. The van der Waals surface area contributed by atoms with Crippen molar-refractivity contribution in [3.8, 4) is 0 Å². The van der Waals surface area contributed by atoms with Crippen LogP contribution < -0.4 is 5.73 Å². The van der Waals surface area contributed by atoms with Gasteiger partial charge in [0.1, 0.15) is 0 Å². The summed E-state index contributed by atoms with van der Waals surface area (Å²) >= 11 is 6.73. The zero-order valence-corrected chi connectivity index (χ0v) is 8.37. The van der Waals surface area contributed by atoms with Crippen LogP contribution in [0.2, 0.25) is 0 Å². The average Bonchev–Trinajstić information content (AvgIpc) is 1.95. The van der Waals surface area contributed by atoms with Crippen molar-refractivity contribution in [1.29, 1.82) is 0 Å². The summed E-state index contributed by atoms with van der Waals surface area (Å²) in [5.74, 6) is 0. The van der Waals surface area contributed by atoms with Gasteiger partial charge in [0.15, 0.2) is 0 Å². The highest BCUT2D eigenvalue weighted by atomic mass is 79.9. The van der Waals surface area contributed by atoms with Crippen LogP contribution in [-0.4, -0.2) is 0 Å². The van der Waals surface area contributed by atoms with Crippen LogP contribution in [0.15, 0.2) is 27.1 Å². The molecule has 0 fully saturated rings. The molecule has 0 heterocycles. The smallest absolute Gasteiger partial charge is 0.0362 e. The Labute approximate surface area is 76.9 Å². The molecule has 1 nitrogen and oxygen atoms in total. The van der Waals surface area contributed by atoms with Gasteiger partial charge in [0.2, 0.25) is 0 Å². The molecule has 1 aromatic rings. The van der Waals surface area contributed by atoms with Crippen LogP contribution in [0.25, 0.3) is 0 Å². The second kappa shape index (κ2) is 3.51. The Morgan fingerprint density at radius 3 is 2.50 bits per heavy atom. The zero-order valence-electron chi connectivity index (χ0n) is 5.20. The molecule has 0 spiro atoms. The quantitative estimate of drug-likeness (QED) is 0.744. The Morgan fingerprint density at radius 1 is 1.30 bits per heavy atom. The number of nitrogens with one attached hydrogen (secondary N) is 1. The van der Waals surface area contributed by atoms with E-state index in [1.54, 1.807) is 0 Å². The molecular weight excluding hydrogens is 258 g/mol. The van der Waals surface area contributed by atoms with Gasteiger partial charge in [-0.1, -0.05) is 12.1 Å². The summed E-state index contributed by atoms with van der Waals surface area (Å²) in [6.45, 7) is 0.319. The normalized spacial score (nSPS) is 9.90. The molecule has 0 amide bonds. The Balaban J connectivity index is 3.14. The van der Waals surface area contributed by atoms with Crippen molar-refractivity contribution in [2.45, 2.75) is 6.54 Å². The summed E-state index contributed by atoms with van der Waals surface area (Å²) in [7, 11) is 0. The highest BCUT2D eigenvalue weighted by molar-refractivity contribution is 9.13. The summed E-state index contributed by atoms with van der Waals surface area (Å²) in [5.41, 5.74) is 8.14. The van der Waals surface area contributed by atoms with Crippen LogP contribution in [0, 0.1) is 0 Å². The van der Waals surface area contributed by atoms with Gasteiger partial charge in [-0.2, -0.15) is 0 Å². The van der Waals surface area contributed by atoms with E-state index in [-0.39, 0.29) is 0 Å². The summed E-state index contributed by atoms with van der Waals surface area (Å²) in [6, 6.07) is 5.81. The van der Waals surface area contributed by atoms with Crippen molar-refractivity contribution in [3.63, 3.8) is 0 Å². The Bertz CT molecular complexity index is 235. The van der Waals surface area contributed by atoms with E-state index < -0.39 is 0 Å². The van der Waals surface area contributed by atoms with Gasteiger partial charge < -0.3 is 0 Å². The molecule has 0 unspecified atom stereocenters. The zero-order chi connectivity index (χ0) is 7.56. The van der Waals surface area contributed by atoms with Crippen LogP contribution in [0.3, 0.4) is 0 Å².